The third kappa shape index (κ3) is 3.64. The first-order chi connectivity index (χ1) is 11.5. The number of amides is 1. The van der Waals surface area contributed by atoms with Crippen LogP contribution in [0.2, 0.25) is 0 Å². The summed E-state index contributed by atoms with van der Waals surface area (Å²) in [6.07, 6.45) is 1.94. The molecule has 1 saturated heterocycles. The molecule has 0 bridgehead atoms. The molecule has 1 amide bonds. The Balaban J connectivity index is 1.55. The van der Waals surface area contributed by atoms with Gasteiger partial charge in [-0.25, -0.2) is 17.9 Å². The number of carbonyl (C=O) groups excluding carboxylic acids is 1. The Kier molecular flexibility index (Phi) is 4.96. The normalized spacial score (nSPS) is 18.1. The van der Waals surface area contributed by atoms with Crippen molar-refractivity contribution in [2.75, 3.05) is 33.4 Å². The van der Waals surface area contributed by atoms with E-state index in [1.54, 1.807) is 23.1 Å². The van der Waals surface area contributed by atoms with Gasteiger partial charge in [-0.3, -0.25) is 0 Å². The molecule has 3 rings (SSSR count). The van der Waals surface area contributed by atoms with E-state index < -0.39 is 10.0 Å². The van der Waals surface area contributed by atoms with Crippen LogP contribution in [0, 0.1) is 5.92 Å². The second kappa shape index (κ2) is 6.98. The summed E-state index contributed by atoms with van der Waals surface area (Å²) in [5.41, 5.74) is 0.935. The van der Waals surface area contributed by atoms with Gasteiger partial charge in [0, 0.05) is 26.1 Å². The molecule has 24 heavy (non-hydrogen) atoms. The van der Waals surface area contributed by atoms with Crippen molar-refractivity contribution < 1.29 is 22.7 Å². The van der Waals surface area contributed by atoms with E-state index in [1.165, 1.54) is 7.11 Å². The van der Waals surface area contributed by atoms with Crippen LogP contribution in [-0.4, -0.2) is 52.8 Å². The van der Waals surface area contributed by atoms with Crippen LogP contribution < -0.4 is 9.46 Å². The monoisotopic (exact) mass is 354 g/mol. The van der Waals surface area contributed by atoms with E-state index in [-0.39, 0.29) is 16.9 Å². The first-order valence-corrected chi connectivity index (χ1v) is 9.56. The molecule has 0 unspecified atom stereocenters. The highest BCUT2D eigenvalue weighted by molar-refractivity contribution is 7.89. The van der Waals surface area contributed by atoms with Crippen LogP contribution in [0.4, 0.5) is 4.79 Å². The van der Waals surface area contributed by atoms with Crippen molar-refractivity contribution in [1.82, 2.24) is 9.62 Å². The van der Waals surface area contributed by atoms with Crippen LogP contribution in [0.15, 0.2) is 23.1 Å². The van der Waals surface area contributed by atoms with Gasteiger partial charge in [-0.1, -0.05) is 0 Å². The van der Waals surface area contributed by atoms with Crippen molar-refractivity contribution in [3.8, 4) is 5.75 Å². The number of hydrogen-bond donors (Lipinski definition) is 1. The van der Waals surface area contributed by atoms with E-state index in [0.29, 0.717) is 26.2 Å². The lowest BCUT2D eigenvalue weighted by Gasteiger charge is -2.30. The fourth-order valence-corrected chi connectivity index (χ4v) is 4.26. The number of rotatable bonds is 4. The minimum atomic E-state index is -3.53. The van der Waals surface area contributed by atoms with Crippen molar-refractivity contribution in [2.24, 2.45) is 5.92 Å². The maximum atomic E-state index is 12.5. The summed E-state index contributed by atoms with van der Waals surface area (Å²) < 4.78 is 37.7. The minimum absolute atomic E-state index is 0.221. The van der Waals surface area contributed by atoms with Crippen LogP contribution in [0.5, 0.6) is 5.75 Å². The average molecular weight is 354 g/mol. The van der Waals surface area contributed by atoms with Gasteiger partial charge in [0.25, 0.3) is 0 Å². The molecule has 7 nitrogen and oxygen atoms in total. The largest absolute Gasteiger partial charge is 0.493 e. The molecule has 2 heterocycles. The second-order valence-corrected chi connectivity index (χ2v) is 7.89. The Morgan fingerprint density at radius 2 is 2.12 bits per heavy atom. The fraction of sp³-hybridized carbons (Fsp3) is 0.562. The molecule has 8 heteroatoms. The van der Waals surface area contributed by atoms with E-state index in [0.717, 1.165) is 30.6 Å². The zero-order valence-electron chi connectivity index (χ0n) is 13.7. The molecule has 2 aliphatic rings. The van der Waals surface area contributed by atoms with E-state index in [9.17, 15) is 13.2 Å². The van der Waals surface area contributed by atoms with Gasteiger partial charge in [-0.05, 0) is 42.5 Å². The number of ether oxygens (including phenoxy) is 2. The Hall–Kier alpha value is -1.80. The molecule has 2 aliphatic heterocycles. The summed E-state index contributed by atoms with van der Waals surface area (Å²) in [6.45, 7) is 2.17. The number of nitrogens with zero attached hydrogens (tertiary/aromatic N) is 1. The van der Waals surface area contributed by atoms with Crippen LogP contribution >= 0.6 is 0 Å². The molecule has 0 radical (unpaired) electrons. The van der Waals surface area contributed by atoms with Gasteiger partial charge in [0.05, 0.1) is 18.6 Å². The highest BCUT2D eigenvalue weighted by Gasteiger charge is 2.25. The molecule has 0 saturated carbocycles. The highest BCUT2D eigenvalue weighted by Crippen LogP contribution is 2.27. The SMILES string of the molecule is COC(=O)N1CCC(CNS(=O)(=O)c2ccc3c(c2)CCO3)CC1. The Bertz CT molecular complexity index is 711. The number of benzene rings is 1. The van der Waals surface area contributed by atoms with Crippen molar-refractivity contribution in [3.05, 3.63) is 23.8 Å². The molecule has 0 spiro atoms. The fourth-order valence-electron chi connectivity index (χ4n) is 3.09. The Labute approximate surface area is 142 Å². The van der Waals surface area contributed by atoms with Crippen LogP contribution in [-0.2, 0) is 21.2 Å². The van der Waals surface area contributed by atoms with Gasteiger partial charge < -0.3 is 14.4 Å². The summed E-state index contributed by atoms with van der Waals surface area (Å²) in [6, 6.07) is 4.97. The number of hydrogen-bond acceptors (Lipinski definition) is 5. The Morgan fingerprint density at radius 1 is 1.38 bits per heavy atom. The van der Waals surface area contributed by atoms with Crippen LogP contribution in [0.25, 0.3) is 0 Å². The van der Waals surface area contributed by atoms with Gasteiger partial charge >= 0.3 is 6.09 Å². The topological polar surface area (TPSA) is 84.9 Å². The number of carbonyl (C=O) groups is 1. The summed E-state index contributed by atoms with van der Waals surface area (Å²) in [4.78, 5) is 13.4. The maximum Gasteiger partial charge on any atom is 0.409 e. The lowest BCUT2D eigenvalue weighted by molar-refractivity contribution is 0.106. The molecule has 0 aromatic heterocycles. The first-order valence-electron chi connectivity index (χ1n) is 8.08. The third-order valence-electron chi connectivity index (χ3n) is 4.58. The lowest BCUT2D eigenvalue weighted by Crippen LogP contribution is -2.41. The van der Waals surface area contributed by atoms with Crippen LogP contribution in [0.3, 0.4) is 0 Å². The summed E-state index contributed by atoms with van der Waals surface area (Å²) in [5, 5.41) is 0. The zero-order valence-corrected chi connectivity index (χ0v) is 14.5. The maximum absolute atomic E-state index is 12.5. The molecule has 1 aromatic rings. The summed E-state index contributed by atoms with van der Waals surface area (Å²) >= 11 is 0. The van der Waals surface area contributed by atoms with Crippen molar-refractivity contribution in [2.45, 2.75) is 24.2 Å². The van der Waals surface area contributed by atoms with Gasteiger partial charge in [0.2, 0.25) is 10.0 Å². The number of nitrogens with one attached hydrogen (secondary N) is 1. The molecule has 1 aromatic carbocycles. The van der Waals surface area contributed by atoms with Gasteiger partial charge in [0.15, 0.2) is 0 Å². The number of fused-ring (bicyclic) bond motifs is 1. The van der Waals surface area contributed by atoms with Gasteiger partial charge in [-0.15, -0.1) is 0 Å². The van der Waals surface area contributed by atoms with Gasteiger partial charge in [0.1, 0.15) is 5.75 Å². The van der Waals surface area contributed by atoms with Crippen molar-refractivity contribution >= 4 is 16.1 Å². The van der Waals surface area contributed by atoms with Crippen molar-refractivity contribution in [1.29, 1.82) is 0 Å². The molecule has 1 fully saturated rings. The predicted molar refractivity (Wildman–Crippen MR) is 87.5 cm³/mol. The van der Waals surface area contributed by atoms with E-state index in [4.69, 9.17) is 9.47 Å². The smallest absolute Gasteiger partial charge is 0.409 e. The summed E-state index contributed by atoms with van der Waals surface area (Å²) in [7, 11) is -2.16. The number of methoxy groups -OCH3 is 1. The average Bonchev–Trinajstić information content (AvgIpc) is 3.07. The Morgan fingerprint density at radius 3 is 2.83 bits per heavy atom. The first kappa shape index (κ1) is 17.0. The molecule has 132 valence electrons. The molecule has 0 atom stereocenters. The number of likely N-dealkylation sites (tertiary alicyclic amines) is 1. The van der Waals surface area contributed by atoms with Gasteiger partial charge in [-0.2, -0.15) is 0 Å². The highest BCUT2D eigenvalue weighted by atomic mass is 32.2. The second-order valence-electron chi connectivity index (χ2n) is 6.12. The van der Waals surface area contributed by atoms with Crippen molar-refractivity contribution in [3.63, 3.8) is 0 Å². The van der Waals surface area contributed by atoms with E-state index in [2.05, 4.69) is 4.72 Å². The summed E-state index contributed by atoms with van der Waals surface area (Å²) in [5.74, 6) is 0.988. The molecule has 0 aliphatic carbocycles. The zero-order chi connectivity index (χ0) is 17.2. The quantitative estimate of drug-likeness (QED) is 0.883. The molecular weight excluding hydrogens is 332 g/mol. The predicted octanol–water partition coefficient (Wildman–Crippen LogP) is 1.38. The number of sulfonamides is 1. The van der Waals surface area contributed by atoms with E-state index in [1.807, 2.05) is 0 Å². The van der Waals surface area contributed by atoms with E-state index >= 15 is 0 Å². The minimum Gasteiger partial charge on any atom is -0.493 e. The molecule has 1 N–H and O–H groups in total. The standard InChI is InChI=1S/C16H22N2O5S/c1-22-16(19)18-7-4-12(5-8-18)11-17-24(20,21)14-2-3-15-13(10-14)6-9-23-15/h2-3,10,12,17H,4-9,11H2,1H3. The van der Waals surface area contributed by atoms with Crippen LogP contribution in [0.1, 0.15) is 18.4 Å². The molecular formula is C16H22N2O5S. The lowest BCUT2D eigenvalue weighted by atomic mass is 9.97. The number of piperidine rings is 1. The third-order valence-corrected chi connectivity index (χ3v) is 6.00.